The Morgan fingerprint density at radius 2 is 2.00 bits per heavy atom. The highest BCUT2D eigenvalue weighted by Crippen LogP contribution is 2.35. The molecule has 1 fully saturated rings. The number of piperidine rings is 1. The van der Waals surface area contributed by atoms with E-state index in [0.29, 0.717) is 24.3 Å². The van der Waals surface area contributed by atoms with Crippen LogP contribution in [0.2, 0.25) is 0 Å². The number of H-pyrrole nitrogens is 1. The first-order valence-corrected chi connectivity index (χ1v) is 9.46. The van der Waals surface area contributed by atoms with Gasteiger partial charge in [-0.3, -0.25) is 14.8 Å². The zero-order valence-electron chi connectivity index (χ0n) is 16.6. The van der Waals surface area contributed by atoms with Crippen molar-refractivity contribution in [2.24, 2.45) is 0 Å². The lowest BCUT2D eigenvalue weighted by atomic mass is 9.88. The topological polar surface area (TPSA) is 49.0 Å². The van der Waals surface area contributed by atoms with Crippen LogP contribution in [0.15, 0.2) is 36.4 Å². The molecular formula is C21H26F3N3O. The molecule has 1 atom stereocenters. The van der Waals surface area contributed by atoms with Gasteiger partial charge < -0.3 is 0 Å². The van der Waals surface area contributed by atoms with Crippen molar-refractivity contribution >= 4 is 17.3 Å². The van der Waals surface area contributed by atoms with Crippen molar-refractivity contribution in [3.63, 3.8) is 0 Å². The Kier molecular flexibility index (Phi) is 7.05. The SMILES string of the molecule is C/C=C(\C)c1cc(N2CCC(c3cccc(C(F)(F)F)c3)CC2=O)n[nH]1.CC. The molecule has 1 amide bonds. The number of rotatable bonds is 3. The first-order valence-electron chi connectivity index (χ1n) is 9.46. The van der Waals surface area contributed by atoms with Gasteiger partial charge in [0.25, 0.3) is 0 Å². The van der Waals surface area contributed by atoms with Gasteiger partial charge in [-0.25, -0.2) is 0 Å². The third kappa shape index (κ3) is 4.82. The van der Waals surface area contributed by atoms with Crippen molar-refractivity contribution in [1.82, 2.24) is 10.2 Å². The standard InChI is InChI=1S/C19H20F3N3O.C2H6/c1-3-12(2)16-11-17(24-23-16)25-8-7-14(10-18(25)26)13-5-4-6-15(9-13)19(20,21)22;1-2/h3-6,9,11,14H,7-8,10H2,1-2H3,(H,23,24);1-2H3/b12-3+;. The quantitative estimate of drug-likeness (QED) is 0.718. The summed E-state index contributed by atoms with van der Waals surface area (Å²) < 4.78 is 38.7. The molecule has 0 bridgehead atoms. The lowest BCUT2D eigenvalue weighted by Crippen LogP contribution is -2.38. The minimum absolute atomic E-state index is 0.130. The molecule has 2 heterocycles. The molecular weight excluding hydrogens is 367 g/mol. The van der Waals surface area contributed by atoms with Crippen molar-refractivity contribution in [3.8, 4) is 0 Å². The first-order chi connectivity index (χ1) is 13.3. The van der Waals surface area contributed by atoms with E-state index in [1.807, 2.05) is 39.8 Å². The minimum atomic E-state index is -4.38. The highest BCUT2D eigenvalue weighted by atomic mass is 19.4. The molecule has 1 unspecified atom stereocenters. The first kappa shape index (κ1) is 21.7. The maximum absolute atomic E-state index is 12.9. The molecule has 28 heavy (non-hydrogen) atoms. The molecule has 1 aromatic heterocycles. The summed E-state index contributed by atoms with van der Waals surface area (Å²) in [6.45, 7) is 8.29. The Morgan fingerprint density at radius 3 is 2.61 bits per heavy atom. The Bertz CT molecular complexity index is 839. The van der Waals surface area contributed by atoms with Crippen LogP contribution in [0, 0.1) is 0 Å². The third-order valence-corrected chi connectivity index (χ3v) is 4.81. The number of halogens is 3. The number of aromatic amines is 1. The number of nitrogens with one attached hydrogen (secondary N) is 1. The number of carbonyl (C=O) groups excluding carboxylic acids is 1. The van der Waals surface area contributed by atoms with Gasteiger partial charge in [0.1, 0.15) is 0 Å². The average Bonchev–Trinajstić information content (AvgIpc) is 3.18. The highest BCUT2D eigenvalue weighted by Gasteiger charge is 2.33. The monoisotopic (exact) mass is 393 g/mol. The lowest BCUT2D eigenvalue weighted by Gasteiger charge is -2.30. The van der Waals surface area contributed by atoms with Crippen LogP contribution in [0.1, 0.15) is 63.3 Å². The van der Waals surface area contributed by atoms with Gasteiger partial charge in [-0.1, -0.05) is 38.1 Å². The third-order valence-electron chi connectivity index (χ3n) is 4.81. The molecule has 152 valence electrons. The van der Waals surface area contributed by atoms with Crippen molar-refractivity contribution < 1.29 is 18.0 Å². The number of hydrogen-bond acceptors (Lipinski definition) is 2. The van der Waals surface area contributed by atoms with Gasteiger partial charge in [0.05, 0.1) is 11.3 Å². The molecule has 1 N–H and O–H groups in total. The van der Waals surface area contributed by atoms with Crippen molar-refractivity contribution in [1.29, 1.82) is 0 Å². The molecule has 0 aliphatic carbocycles. The number of anilines is 1. The van der Waals surface area contributed by atoms with Gasteiger partial charge in [0.2, 0.25) is 5.91 Å². The molecule has 2 aromatic rings. The van der Waals surface area contributed by atoms with Gasteiger partial charge in [0, 0.05) is 19.0 Å². The van der Waals surface area contributed by atoms with Gasteiger partial charge >= 0.3 is 6.18 Å². The molecule has 1 aliphatic heterocycles. The van der Waals surface area contributed by atoms with E-state index >= 15 is 0 Å². The fraction of sp³-hybridized carbons (Fsp3) is 0.429. The summed E-state index contributed by atoms with van der Waals surface area (Å²) in [6.07, 6.45) is -1.67. The van der Waals surface area contributed by atoms with E-state index in [4.69, 9.17) is 0 Å². The van der Waals surface area contributed by atoms with Gasteiger partial charge in [-0.15, -0.1) is 0 Å². The van der Waals surface area contributed by atoms with E-state index in [0.717, 1.165) is 23.4 Å². The molecule has 0 radical (unpaired) electrons. The summed E-state index contributed by atoms with van der Waals surface area (Å²) in [5, 5.41) is 7.10. The van der Waals surface area contributed by atoms with Gasteiger partial charge in [-0.2, -0.15) is 18.3 Å². The number of allylic oxidation sites excluding steroid dienone is 2. The number of carbonyl (C=O) groups is 1. The van der Waals surface area contributed by atoms with Crippen LogP contribution in [0.5, 0.6) is 0 Å². The van der Waals surface area contributed by atoms with E-state index in [9.17, 15) is 18.0 Å². The van der Waals surface area contributed by atoms with E-state index in [-0.39, 0.29) is 18.2 Å². The molecule has 1 aliphatic rings. The van der Waals surface area contributed by atoms with E-state index in [1.54, 1.807) is 11.0 Å². The summed E-state index contributed by atoms with van der Waals surface area (Å²) in [5.41, 5.74) is 1.74. The van der Waals surface area contributed by atoms with Crippen LogP contribution in [0.4, 0.5) is 19.0 Å². The summed E-state index contributed by atoms with van der Waals surface area (Å²) in [6, 6.07) is 7.07. The second kappa shape index (κ2) is 9.08. The summed E-state index contributed by atoms with van der Waals surface area (Å²) in [4.78, 5) is 14.1. The lowest BCUT2D eigenvalue weighted by molar-refractivity contribution is -0.137. The molecule has 1 saturated heterocycles. The van der Waals surface area contributed by atoms with Crippen LogP contribution >= 0.6 is 0 Å². The molecule has 4 nitrogen and oxygen atoms in total. The number of hydrogen-bond donors (Lipinski definition) is 1. The van der Waals surface area contributed by atoms with Gasteiger partial charge in [0.15, 0.2) is 5.82 Å². The van der Waals surface area contributed by atoms with Crippen LogP contribution in [-0.4, -0.2) is 22.6 Å². The highest BCUT2D eigenvalue weighted by molar-refractivity contribution is 5.94. The fourth-order valence-corrected chi connectivity index (χ4v) is 3.14. The Labute approximate surface area is 163 Å². The summed E-state index contributed by atoms with van der Waals surface area (Å²) in [7, 11) is 0. The summed E-state index contributed by atoms with van der Waals surface area (Å²) in [5.74, 6) is 0.209. The number of nitrogens with zero attached hydrogens (tertiary/aromatic N) is 2. The Balaban J connectivity index is 0.00000136. The van der Waals surface area contributed by atoms with Crippen LogP contribution in [-0.2, 0) is 11.0 Å². The fourth-order valence-electron chi connectivity index (χ4n) is 3.14. The summed E-state index contributed by atoms with van der Waals surface area (Å²) >= 11 is 0. The largest absolute Gasteiger partial charge is 0.416 e. The Morgan fingerprint density at radius 1 is 1.29 bits per heavy atom. The van der Waals surface area contributed by atoms with Gasteiger partial charge in [-0.05, 0) is 43.4 Å². The maximum Gasteiger partial charge on any atom is 0.416 e. The number of amides is 1. The second-order valence-electron chi connectivity index (χ2n) is 6.47. The number of aromatic nitrogens is 2. The molecule has 3 rings (SSSR count). The smallest absolute Gasteiger partial charge is 0.295 e. The minimum Gasteiger partial charge on any atom is -0.295 e. The molecule has 0 spiro atoms. The van der Waals surface area contributed by atoms with Crippen LogP contribution in [0.25, 0.3) is 5.57 Å². The second-order valence-corrected chi connectivity index (χ2v) is 6.47. The molecule has 1 aromatic carbocycles. The number of benzene rings is 1. The number of alkyl halides is 3. The van der Waals surface area contributed by atoms with E-state index < -0.39 is 11.7 Å². The normalized spacial score (nSPS) is 18.0. The van der Waals surface area contributed by atoms with E-state index in [2.05, 4.69) is 10.2 Å². The maximum atomic E-state index is 12.9. The zero-order chi connectivity index (χ0) is 20.9. The van der Waals surface area contributed by atoms with Crippen molar-refractivity contribution in [2.75, 3.05) is 11.4 Å². The molecule has 0 saturated carbocycles. The zero-order valence-corrected chi connectivity index (χ0v) is 16.6. The average molecular weight is 393 g/mol. The Hall–Kier alpha value is -2.57. The van der Waals surface area contributed by atoms with Crippen molar-refractivity contribution in [2.45, 2.75) is 52.6 Å². The van der Waals surface area contributed by atoms with E-state index in [1.165, 1.54) is 6.07 Å². The van der Waals surface area contributed by atoms with Crippen LogP contribution in [0.3, 0.4) is 0 Å². The van der Waals surface area contributed by atoms with Crippen molar-refractivity contribution in [3.05, 3.63) is 53.2 Å². The predicted molar refractivity (Wildman–Crippen MR) is 105 cm³/mol. The predicted octanol–water partition coefficient (Wildman–Crippen LogP) is 5.79. The van der Waals surface area contributed by atoms with Crippen LogP contribution < -0.4 is 4.90 Å². The molecule has 7 heteroatoms.